The zero-order valence-corrected chi connectivity index (χ0v) is 19.1. The number of nitrogens with zero attached hydrogens (tertiary/aromatic N) is 1. The van der Waals surface area contributed by atoms with Crippen LogP contribution < -0.4 is 5.32 Å². The fourth-order valence-corrected chi connectivity index (χ4v) is 5.08. The zero-order valence-electron chi connectivity index (χ0n) is 18.4. The third kappa shape index (κ3) is 4.58. The third-order valence-corrected chi connectivity index (χ3v) is 6.66. The first-order valence-electron chi connectivity index (χ1n) is 11.0. The van der Waals surface area contributed by atoms with Gasteiger partial charge in [0, 0.05) is 35.6 Å². The van der Waals surface area contributed by atoms with E-state index in [2.05, 4.69) is 53.7 Å². The number of nitrogens with one attached hydrogen (secondary N) is 1. The Hall–Kier alpha value is -2.66. The van der Waals surface area contributed by atoms with Gasteiger partial charge in [-0.3, -0.25) is 4.79 Å². The van der Waals surface area contributed by atoms with Gasteiger partial charge < -0.3 is 15.3 Å². The average Bonchev–Trinajstić information content (AvgIpc) is 2.81. The summed E-state index contributed by atoms with van der Waals surface area (Å²) in [6.45, 7) is 2.26. The lowest BCUT2D eigenvalue weighted by atomic mass is 9.67. The van der Waals surface area contributed by atoms with Crippen molar-refractivity contribution >= 4 is 17.5 Å². The molecule has 1 unspecified atom stereocenters. The minimum absolute atomic E-state index is 0.142. The van der Waals surface area contributed by atoms with Crippen molar-refractivity contribution in [3.8, 4) is 0 Å². The maximum Gasteiger partial charge on any atom is 0.251 e. The Bertz CT molecular complexity index is 1080. The van der Waals surface area contributed by atoms with Gasteiger partial charge in [-0.15, -0.1) is 0 Å². The van der Waals surface area contributed by atoms with Crippen molar-refractivity contribution in [2.45, 2.75) is 31.4 Å². The Morgan fingerprint density at radius 1 is 1.06 bits per heavy atom. The number of amides is 1. The fourth-order valence-electron chi connectivity index (χ4n) is 4.96. The number of halogens is 1. The molecular formula is C27H29ClN2O2. The standard InChI is InChI=1S/C27H29ClN2O2/c1-30-17-20-7-3-5-10-25(20)27(19-30,22-11-13-23(28)14-12-22)15-6-16-29-26(32)24-9-4-2-8-21(24)18-31/h2-5,7-14,31H,6,15-19H2,1H3,(H,29,32). The number of aliphatic hydroxyl groups is 1. The summed E-state index contributed by atoms with van der Waals surface area (Å²) in [5.74, 6) is -0.142. The van der Waals surface area contributed by atoms with E-state index in [0.29, 0.717) is 17.7 Å². The maximum absolute atomic E-state index is 12.7. The van der Waals surface area contributed by atoms with Gasteiger partial charge in [0.2, 0.25) is 0 Å². The van der Waals surface area contributed by atoms with E-state index in [1.807, 2.05) is 24.3 Å². The van der Waals surface area contributed by atoms with E-state index in [1.165, 1.54) is 16.7 Å². The summed E-state index contributed by atoms with van der Waals surface area (Å²) in [4.78, 5) is 15.0. The summed E-state index contributed by atoms with van der Waals surface area (Å²) >= 11 is 6.19. The topological polar surface area (TPSA) is 52.6 Å². The molecule has 0 saturated carbocycles. The SMILES string of the molecule is CN1Cc2ccccc2C(CCCNC(=O)c2ccccc2CO)(c2ccc(Cl)cc2)C1. The quantitative estimate of drug-likeness (QED) is 0.512. The highest BCUT2D eigenvalue weighted by atomic mass is 35.5. The Labute approximate surface area is 194 Å². The number of benzene rings is 3. The average molecular weight is 449 g/mol. The molecule has 2 N–H and O–H groups in total. The summed E-state index contributed by atoms with van der Waals surface area (Å²) < 4.78 is 0. The fraction of sp³-hybridized carbons (Fsp3) is 0.296. The molecule has 4 rings (SSSR count). The molecule has 0 saturated heterocycles. The molecule has 4 nitrogen and oxygen atoms in total. The van der Waals surface area contributed by atoms with Crippen LogP contribution in [0.3, 0.4) is 0 Å². The second kappa shape index (κ2) is 9.86. The molecule has 3 aromatic carbocycles. The van der Waals surface area contributed by atoms with Crippen LogP contribution in [-0.4, -0.2) is 36.1 Å². The Morgan fingerprint density at radius 2 is 1.78 bits per heavy atom. The molecule has 0 aliphatic carbocycles. The number of likely N-dealkylation sites (N-methyl/N-ethyl adjacent to an activating group) is 1. The van der Waals surface area contributed by atoms with Gasteiger partial charge in [0.15, 0.2) is 0 Å². The number of hydrogen-bond acceptors (Lipinski definition) is 3. The number of carbonyl (C=O) groups is 1. The molecule has 1 aliphatic rings. The summed E-state index contributed by atoms with van der Waals surface area (Å²) in [5, 5.41) is 13.3. The van der Waals surface area contributed by atoms with Crippen molar-refractivity contribution < 1.29 is 9.90 Å². The highest BCUT2D eigenvalue weighted by Crippen LogP contribution is 2.42. The lowest BCUT2D eigenvalue weighted by Gasteiger charge is -2.44. The van der Waals surface area contributed by atoms with E-state index >= 15 is 0 Å². The summed E-state index contributed by atoms with van der Waals surface area (Å²) in [6.07, 6.45) is 1.73. The third-order valence-electron chi connectivity index (χ3n) is 6.41. The summed E-state index contributed by atoms with van der Waals surface area (Å²) in [7, 11) is 2.16. The van der Waals surface area contributed by atoms with E-state index in [9.17, 15) is 9.90 Å². The van der Waals surface area contributed by atoms with E-state index < -0.39 is 0 Å². The summed E-state index contributed by atoms with van der Waals surface area (Å²) in [6, 6.07) is 24.0. The van der Waals surface area contributed by atoms with Crippen LogP contribution in [0.25, 0.3) is 0 Å². The largest absolute Gasteiger partial charge is 0.392 e. The van der Waals surface area contributed by atoms with Crippen LogP contribution in [0.1, 0.15) is 45.5 Å². The molecule has 166 valence electrons. The van der Waals surface area contributed by atoms with Crippen LogP contribution in [0.4, 0.5) is 0 Å². The van der Waals surface area contributed by atoms with Crippen LogP contribution in [-0.2, 0) is 18.6 Å². The van der Waals surface area contributed by atoms with Crippen molar-refractivity contribution in [2.24, 2.45) is 0 Å². The van der Waals surface area contributed by atoms with Gasteiger partial charge >= 0.3 is 0 Å². The predicted octanol–water partition coefficient (Wildman–Crippen LogP) is 4.77. The number of rotatable bonds is 7. The normalized spacial score (nSPS) is 18.2. The van der Waals surface area contributed by atoms with Crippen molar-refractivity contribution in [1.82, 2.24) is 10.2 Å². The van der Waals surface area contributed by atoms with Crippen LogP contribution in [0.15, 0.2) is 72.8 Å². The zero-order chi connectivity index (χ0) is 22.6. The van der Waals surface area contributed by atoms with Crippen LogP contribution in [0.5, 0.6) is 0 Å². The van der Waals surface area contributed by atoms with Gasteiger partial charge in [0.25, 0.3) is 5.91 Å². The minimum atomic E-state index is -0.165. The first-order chi connectivity index (χ1) is 15.5. The van der Waals surface area contributed by atoms with Crippen LogP contribution in [0.2, 0.25) is 5.02 Å². The number of hydrogen-bond donors (Lipinski definition) is 2. The number of fused-ring (bicyclic) bond motifs is 1. The van der Waals surface area contributed by atoms with Crippen molar-refractivity contribution in [3.05, 3.63) is 106 Å². The monoisotopic (exact) mass is 448 g/mol. The van der Waals surface area contributed by atoms with Gasteiger partial charge in [-0.05, 0) is 60.3 Å². The van der Waals surface area contributed by atoms with Gasteiger partial charge in [0.1, 0.15) is 0 Å². The van der Waals surface area contributed by atoms with E-state index in [1.54, 1.807) is 12.1 Å². The van der Waals surface area contributed by atoms with E-state index in [-0.39, 0.29) is 17.9 Å². The van der Waals surface area contributed by atoms with Gasteiger partial charge in [-0.1, -0.05) is 66.2 Å². The molecule has 3 aromatic rings. The highest BCUT2D eigenvalue weighted by molar-refractivity contribution is 6.30. The van der Waals surface area contributed by atoms with Gasteiger partial charge in [0.05, 0.1) is 6.61 Å². The molecule has 0 bridgehead atoms. The second-order valence-electron chi connectivity index (χ2n) is 8.59. The van der Waals surface area contributed by atoms with Crippen LogP contribution in [0, 0.1) is 0 Å². The molecule has 1 aliphatic heterocycles. The molecule has 0 fully saturated rings. The number of carbonyl (C=O) groups excluding carboxylic acids is 1. The molecule has 0 radical (unpaired) electrons. The maximum atomic E-state index is 12.7. The van der Waals surface area contributed by atoms with Crippen molar-refractivity contribution in [3.63, 3.8) is 0 Å². The molecule has 0 spiro atoms. The Kier molecular flexibility index (Phi) is 6.95. The van der Waals surface area contributed by atoms with E-state index in [4.69, 9.17) is 11.6 Å². The lowest BCUT2D eigenvalue weighted by molar-refractivity contribution is 0.0948. The van der Waals surface area contributed by atoms with Crippen LogP contribution >= 0.6 is 11.6 Å². The highest BCUT2D eigenvalue weighted by Gasteiger charge is 2.39. The Balaban J connectivity index is 1.55. The Morgan fingerprint density at radius 3 is 2.56 bits per heavy atom. The lowest BCUT2D eigenvalue weighted by Crippen LogP contribution is -2.45. The van der Waals surface area contributed by atoms with Crippen molar-refractivity contribution in [1.29, 1.82) is 0 Å². The molecule has 5 heteroatoms. The molecule has 32 heavy (non-hydrogen) atoms. The second-order valence-corrected chi connectivity index (χ2v) is 9.03. The van der Waals surface area contributed by atoms with Gasteiger partial charge in [-0.25, -0.2) is 0 Å². The van der Waals surface area contributed by atoms with E-state index in [0.717, 1.165) is 31.0 Å². The molecule has 0 aromatic heterocycles. The van der Waals surface area contributed by atoms with Crippen molar-refractivity contribution in [2.75, 3.05) is 20.1 Å². The minimum Gasteiger partial charge on any atom is -0.392 e. The first kappa shape index (κ1) is 22.5. The molecule has 1 amide bonds. The van der Waals surface area contributed by atoms with Gasteiger partial charge in [-0.2, -0.15) is 0 Å². The predicted molar refractivity (Wildman–Crippen MR) is 129 cm³/mol. The smallest absolute Gasteiger partial charge is 0.251 e. The first-order valence-corrected chi connectivity index (χ1v) is 11.4. The molecular weight excluding hydrogens is 420 g/mol. The molecule has 1 heterocycles. The summed E-state index contributed by atoms with van der Waals surface area (Å²) in [5.41, 5.74) is 4.96. The number of aliphatic hydroxyl groups excluding tert-OH is 1. The molecule has 1 atom stereocenters.